The maximum atomic E-state index is 6.47. The third-order valence-corrected chi connectivity index (χ3v) is 4.87. The van der Waals surface area contributed by atoms with Crippen molar-refractivity contribution in [1.82, 2.24) is 14.9 Å². The van der Waals surface area contributed by atoms with Crippen LogP contribution in [0, 0.1) is 0 Å². The van der Waals surface area contributed by atoms with Crippen molar-refractivity contribution in [2.45, 2.75) is 6.54 Å². The van der Waals surface area contributed by atoms with Gasteiger partial charge in [0.1, 0.15) is 6.33 Å². The van der Waals surface area contributed by atoms with E-state index in [1.54, 1.807) is 6.33 Å². The molecule has 2 heterocycles. The topological polar surface area (TPSA) is 32.3 Å². The van der Waals surface area contributed by atoms with Crippen LogP contribution < -0.4 is 4.90 Å². The quantitative estimate of drug-likeness (QED) is 0.686. The number of halogens is 1. The highest BCUT2D eigenvalue weighted by Crippen LogP contribution is 2.37. The molecule has 1 aliphatic rings. The standard InChI is InChI=1S/C20H19ClN4/c1-24-8-9-25(20-5-3-2-4-18(20)21)19-7-6-15(10-16(19)13-24)17-11-22-14-23-12-17/h2-7,10-12,14H,8-9,13H2,1H3. The second-order valence-electron chi connectivity index (χ2n) is 6.31. The number of aromatic nitrogens is 2. The molecule has 0 bridgehead atoms. The van der Waals surface area contributed by atoms with Gasteiger partial charge in [-0.05, 0) is 42.4 Å². The number of rotatable bonds is 2. The zero-order valence-corrected chi connectivity index (χ0v) is 14.8. The lowest BCUT2D eigenvalue weighted by atomic mass is 10.0. The van der Waals surface area contributed by atoms with E-state index in [1.807, 2.05) is 30.6 Å². The Morgan fingerprint density at radius 3 is 2.52 bits per heavy atom. The van der Waals surface area contributed by atoms with Gasteiger partial charge in [-0.3, -0.25) is 0 Å². The van der Waals surface area contributed by atoms with Gasteiger partial charge in [0.25, 0.3) is 0 Å². The van der Waals surface area contributed by atoms with Gasteiger partial charge in [-0.1, -0.05) is 29.8 Å². The van der Waals surface area contributed by atoms with E-state index in [1.165, 1.54) is 11.3 Å². The molecule has 2 aromatic carbocycles. The fourth-order valence-corrected chi connectivity index (χ4v) is 3.52. The first-order chi connectivity index (χ1) is 12.2. The summed E-state index contributed by atoms with van der Waals surface area (Å²) in [6.07, 6.45) is 5.25. The van der Waals surface area contributed by atoms with E-state index in [2.05, 4.69) is 51.1 Å². The number of para-hydroxylation sites is 1. The third kappa shape index (κ3) is 3.23. The number of benzene rings is 2. The van der Waals surface area contributed by atoms with Crippen molar-refractivity contribution in [3.05, 3.63) is 71.8 Å². The molecule has 0 saturated carbocycles. The van der Waals surface area contributed by atoms with E-state index in [4.69, 9.17) is 11.6 Å². The Labute approximate surface area is 152 Å². The largest absolute Gasteiger partial charge is 0.339 e. The number of fused-ring (bicyclic) bond motifs is 1. The van der Waals surface area contributed by atoms with Crippen LogP contribution in [0.2, 0.25) is 5.02 Å². The Kier molecular flexibility index (Phi) is 4.38. The van der Waals surface area contributed by atoms with Crippen LogP contribution in [0.15, 0.2) is 61.2 Å². The van der Waals surface area contributed by atoms with Gasteiger partial charge in [-0.15, -0.1) is 0 Å². The van der Waals surface area contributed by atoms with Gasteiger partial charge in [0.15, 0.2) is 0 Å². The molecule has 0 saturated heterocycles. The molecular weight excluding hydrogens is 332 g/mol. The average molecular weight is 351 g/mol. The van der Waals surface area contributed by atoms with Crippen molar-refractivity contribution in [2.75, 3.05) is 25.0 Å². The minimum atomic E-state index is 0.776. The molecule has 0 N–H and O–H groups in total. The first kappa shape index (κ1) is 16.1. The second-order valence-corrected chi connectivity index (χ2v) is 6.72. The molecule has 1 aromatic heterocycles. The molecule has 4 nitrogen and oxygen atoms in total. The lowest BCUT2D eigenvalue weighted by molar-refractivity contribution is 0.343. The molecule has 25 heavy (non-hydrogen) atoms. The summed E-state index contributed by atoms with van der Waals surface area (Å²) in [5.41, 5.74) is 5.70. The van der Waals surface area contributed by atoms with Gasteiger partial charge < -0.3 is 9.80 Å². The number of nitrogens with zero attached hydrogens (tertiary/aromatic N) is 4. The van der Waals surface area contributed by atoms with E-state index in [0.29, 0.717) is 0 Å². The highest BCUT2D eigenvalue weighted by Gasteiger charge is 2.21. The summed E-state index contributed by atoms with van der Waals surface area (Å²) in [5.74, 6) is 0. The summed E-state index contributed by atoms with van der Waals surface area (Å²) in [7, 11) is 2.15. The smallest absolute Gasteiger partial charge is 0.115 e. The normalized spacial score (nSPS) is 14.9. The maximum Gasteiger partial charge on any atom is 0.115 e. The van der Waals surface area contributed by atoms with Crippen molar-refractivity contribution in [2.24, 2.45) is 0 Å². The van der Waals surface area contributed by atoms with Crippen molar-refractivity contribution in [1.29, 1.82) is 0 Å². The average Bonchev–Trinajstić information content (AvgIpc) is 2.80. The van der Waals surface area contributed by atoms with Crippen LogP contribution in [0.5, 0.6) is 0 Å². The molecule has 0 amide bonds. The molecule has 4 rings (SSSR count). The van der Waals surface area contributed by atoms with Crippen LogP contribution >= 0.6 is 11.6 Å². The van der Waals surface area contributed by atoms with Crippen LogP contribution in [0.3, 0.4) is 0 Å². The minimum Gasteiger partial charge on any atom is -0.339 e. The van der Waals surface area contributed by atoms with Crippen molar-refractivity contribution < 1.29 is 0 Å². The number of hydrogen-bond donors (Lipinski definition) is 0. The monoisotopic (exact) mass is 350 g/mol. The van der Waals surface area contributed by atoms with E-state index < -0.39 is 0 Å². The molecule has 0 fully saturated rings. The first-order valence-electron chi connectivity index (χ1n) is 8.31. The molecule has 126 valence electrons. The molecule has 1 aliphatic heterocycles. The number of likely N-dealkylation sites (N-methyl/N-ethyl adjacent to an activating group) is 1. The lowest BCUT2D eigenvalue weighted by Crippen LogP contribution is -2.26. The van der Waals surface area contributed by atoms with E-state index in [0.717, 1.165) is 41.5 Å². The van der Waals surface area contributed by atoms with Gasteiger partial charge in [-0.25, -0.2) is 9.97 Å². The van der Waals surface area contributed by atoms with Gasteiger partial charge in [-0.2, -0.15) is 0 Å². The van der Waals surface area contributed by atoms with Gasteiger partial charge in [0.2, 0.25) is 0 Å². The van der Waals surface area contributed by atoms with Crippen molar-refractivity contribution in [3.8, 4) is 11.1 Å². The molecule has 0 aliphatic carbocycles. The molecule has 5 heteroatoms. The zero-order valence-electron chi connectivity index (χ0n) is 14.1. The zero-order chi connectivity index (χ0) is 17.2. The van der Waals surface area contributed by atoms with Crippen LogP contribution in [0.25, 0.3) is 11.1 Å². The molecule has 0 unspecified atom stereocenters. The highest BCUT2D eigenvalue weighted by molar-refractivity contribution is 6.33. The van der Waals surface area contributed by atoms with Gasteiger partial charge >= 0.3 is 0 Å². The van der Waals surface area contributed by atoms with Crippen molar-refractivity contribution in [3.63, 3.8) is 0 Å². The summed E-state index contributed by atoms with van der Waals surface area (Å²) in [4.78, 5) is 12.9. The predicted molar refractivity (Wildman–Crippen MR) is 102 cm³/mol. The van der Waals surface area contributed by atoms with Gasteiger partial charge in [0, 0.05) is 43.3 Å². The Morgan fingerprint density at radius 2 is 1.72 bits per heavy atom. The maximum absolute atomic E-state index is 6.47. The summed E-state index contributed by atoms with van der Waals surface area (Å²) in [5, 5.41) is 0.776. The summed E-state index contributed by atoms with van der Waals surface area (Å²) >= 11 is 6.47. The lowest BCUT2D eigenvalue weighted by Gasteiger charge is -2.26. The third-order valence-electron chi connectivity index (χ3n) is 4.55. The minimum absolute atomic E-state index is 0.776. The van der Waals surface area contributed by atoms with Crippen LogP contribution in [0.4, 0.5) is 11.4 Å². The van der Waals surface area contributed by atoms with Gasteiger partial charge in [0.05, 0.1) is 10.7 Å². The molecule has 0 atom stereocenters. The Bertz CT molecular complexity index is 882. The fraction of sp³-hybridized carbons (Fsp3) is 0.200. The van der Waals surface area contributed by atoms with E-state index in [9.17, 15) is 0 Å². The van der Waals surface area contributed by atoms with Crippen LogP contribution in [0.1, 0.15) is 5.56 Å². The molecular formula is C20H19ClN4. The Balaban J connectivity index is 1.81. The number of anilines is 2. The van der Waals surface area contributed by atoms with Crippen LogP contribution in [-0.4, -0.2) is 35.0 Å². The SMILES string of the molecule is CN1CCN(c2ccccc2Cl)c2ccc(-c3cncnc3)cc2C1. The summed E-state index contributed by atoms with van der Waals surface area (Å²) in [6.45, 7) is 2.78. The Hall–Kier alpha value is -2.43. The highest BCUT2D eigenvalue weighted by atomic mass is 35.5. The fourth-order valence-electron chi connectivity index (χ4n) is 3.29. The van der Waals surface area contributed by atoms with Crippen LogP contribution in [-0.2, 0) is 6.54 Å². The Morgan fingerprint density at radius 1 is 0.920 bits per heavy atom. The van der Waals surface area contributed by atoms with E-state index >= 15 is 0 Å². The van der Waals surface area contributed by atoms with E-state index in [-0.39, 0.29) is 0 Å². The van der Waals surface area contributed by atoms with Crippen molar-refractivity contribution >= 4 is 23.0 Å². The summed E-state index contributed by atoms with van der Waals surface area (Å²) < 4.78 is 0. The molecule has 0 spiro atoms. The number of hydrogen-bond acceptors (Lipinski definition) is 4. The first-order valence-corrected chi connectivity index (χ1v) is 8.69. The molecule has 0 radical (unpaired) electrons. The predicted octanol–water partition coefficient (Wildman–Crippen LogP) is 4.38. The molecule has 3 aromatic rings. The summed E-state index contributed by atoms with van der Waals surface area (Å²) in [6, 6.07) is 14.6. The second kappa shape index (κ2) is 6.82.